The maximum Gasteiger partial charge on any atom is 0.304 e. The molecule has 94 valence electrons. The second-order valence-electron chi connectivity index (χ2n) is 3.29. The fraction of sp³-hybridized carbons (Fsp3) is 0.455. The van der Waals surface area contributed by atoms with E-state index in [9.17, 15) is 14.5 Å². The van der Waals surface area contributed by atoms with Crippen molar-refractivity contribution in [3.8, 4) is 0 Å². The van der Waals surface area contributed by atoms with Crippen molar-refractivity contribution in [2.75, 3.05) is 19.8 Å². The summed E-state index contributed by atoms with van der Waals surface area (Å²) in [4.78, 5) is 9.63. The van der Waals surface area contributed by atoms with Crippen molar-refractivity contribution in [2.45, 2.75) is 13.5 Å². The average Bonchev–Trinajstić information content (AvgIpc) is 2.28. The molecule has 0 bridgehead atoms. The highest BCUT2D eigenvalue weighted by Gasteiger charge is 2.13. The molecule has 1 aromatic rings. The Labute approximate surface area is 98.3 Å². The molecule has 6 heteroatoms. The van der Waals surface area contributed by atoms with E-state index in [0.29, 0.717) is 25.4 Å². The summed E-state index contributed by atoms with van der Waals surface area (Å²) in [5, 5.41) is 10.4. The zero-order valence-electron chi connectivity index (χ0n) is 9.52. The minimum atomic E-state index is -0.846. The SMILES string of the molecule is CCOCCOCc1ccc([N+](=O)[O-])c(F)c1. The lowest BCUT2D eigenvalue weighted by Gasteiger charge is -2.04. The van der Waals surface area contributed by atoms with Gasteiger partial charge in [0.25, 0.3) is 0 Å². The van der Waals surface area contributed by atoms with Crippen molar-refractivity contribution < 1.29 is 18.8 Å². The minimum Gasteiger partial charge on any atom is -0.379 e. The van der Waals surface area contributed by atoms with Gasteiger partial charge >= 0.3 is 5.69 Å². The summed E-state index contributed by atoms with van der Waals surface area (Å²) in [6.07, 6.45) is 0. The normalized spacial score (nSPS) is 10.5. The molecule has 0 aliphatic heterocycles. The minimum absolute atomic E-state index is 0.210. The smallest absolute Gasteiger partial charge is 0.304 e. The first-order valence-corrected chi connectivity index (χ1v) is 5.23. The van der Waals surface area contributed by atoms with Gasteiger partial charge in [-0.1, -0.05) is 0 Å². The highest BCUT2D eigenvalue weighted by molar-refractivity contribution is 5.34. The van der Waals surface area contributed by atoms with Crippen LogP contribution in [-0.4, -0.2) is 24.7 Å². The molecule has 0 fully saturated rings. The zero-order chi connectivity index (χ0) is 12.7. The van der Waals surface area contributed by atoms with E-state index >= 15 is 0 Å². The van der Waals surface area contributed by atoms with Gasteiger partial charge in [-0.3, -0.25) is 10.1 Å². The molecule has 0 N–H and O–H groups in total. The van der Waals surface area contributed by atoms with Gasteiger partial charge in [-0.2, -0.15) is 4.39 Å². The second kappa shape index (κ2) is 6.93. The van der Waals surface area contributed by atoms with E-state index in [4.69, 9.17) is 9.47 Å². The van der Waals surface area contributed by atoms with Gasteiger partial charge in [0.1, 0.15) is 0 Å². The Hall–Kier alpha value is -1.53. The summed E-state index contributed by atoms with van der Waals surface area (Å²) < 4.78 is 23.5. The predicted molar refractivity (Wildman–Crippen MR) is 59.2 cm³/mol. The molecule has 0 atom stereocenters. The summed E-state index contributed by atoms with van der Waals surface area (Å²) in [5.74, 6) is -0.846. The summed E-state index contributed by atoms with van der Waals surface area (Å²) in [6, 6.07) is 3.72. The predicted octanol–water partition coefficient (Wildman–Crippen LogP) is 2.29. The van der Waals surface area contributed by atoms with Gasteiger partial charge in [0.05, 0.1) is 24.7 Å². The number of hydrogen-bond donors (Lipinski definition) is 0. The van der Waals surface area contributed by atoms with Crippen LogP contribution in [0.1, 0.15) is 12.5 Å². The largest absolute Gasteiger partial charge is 0.379 e. The molecule has 0 saturated carbocycles. The molecule has 0 spiro atoms. The van der Waals surface area contributed by atoms with Crippen molar-refractivity contribution in [1.82, 2.24) is 0 Å². The van der Waals surface area contributed by atoms with Gasteiger partial charge in [-0.25, -0.2) is 0 Å². The Morgan fingerprint density at radius 3 is 2.65 bits per heavy atom. The number of rotatable bonds is 7. The van der Waals surface area contributed by atoms with Crippen LogP contribution in [0.3, 0.4) is 0 Å². The Kier molecular flexibility index (Phi) is 5.51. The van der Waals surface area contributed by atoms with Gasteiger partial charge in [-0.05, 0) is 24.6 Å². The third-order valence-corrected chi connectivity index (χ3v) is 2.05. The second-order valence-corrected chi connectivity index (χ2v) is 3.29. The van der Waals surface area contributed by atoms with E-state index in [1.54, 1.807) is 0 Å². The van der Waals surface area contributed by atoms with Crippen molar-refractivity contribution in [3.05, 3.63) is 39.7 Å². The molecule has 1 aromatic carbocycles. The van der Waals surface area contributed by atoms with Crippen LogP contribution in [0.15, 0.2) is 18.2 Å². The Morgan fingerprint density at radius 2 is 2.06 bits per heavy atom. The Bertz CT molecular complexity index is 384. The molecule has 0 aromatic heterocycles. The molecule has 0 aliphatic carbocycles. The van der Waals surface area contributed by atoms with Crippen LogP contribution in [0.4, 0.5) is 10.1 Å². The fourth-order valence-electron chi connectivity index (χ4n) is 1.24. The highest BCUT2D eigenvalue weighted by Crippen LogP contribution is 2.18. The molecule has 0 amide bonds. The van der Waals surface area contributed by atoms with Gasteiger partial charge in [0.15, 0.2) is 0 Å². The number of nitro groups is 1. The van der Waals surface area contributed by atoms with Crippen LogP contribution in [0.5, 0.6) is 0 Å². The molecular weight excluding hydrogens is 229 g/mol. The molecule has 1 rings (SSSR count). The van der Waals surface area contributed by atoms with Crippen LogP contribution in [0, 0.1) is 15.9 Å². The summed E-state index contributed by atoms with van der Waals surface area (Å²) in [6.45, 7) is 3.60. The molecular formula is C11H14FNO4. The van der Waals surface area contributed by atoms with Crippen LogP contribution < -0.4 is 0 Å². The van der Waals surface area contributed by atoms with E-state index in [2.05, 4.69) is 0 Å². The molecule has 0 heterocycles. The van der Waals surface area contributed by atoms with Crippen molar-refractivity contribution in [1.29, 1.82) is 0 Å². The molecule has 0 radical (unpaired) electrons. The van der Waals surface area contributed by atoms with Crippen molar-refractivity contribution in [3.63, 3.8) is 0 Å². The van der Waals surface area contributed by atoms with Crippen LogP contribution in [0.2, 0.25) is 0 Å². The van der Waals surface area contributed by atoms with Gasteiger partial charge in [-0.15, -0.1) is 0 Å². The highest BCUT2D eigenvalue weighted by atomic mass is 19.1. The summed E-state index contributed by atoms with van der Waals surface area (Å²) in [5.41, 5.74) is 0.0349. The third-order valence-electron chi connectivity index (χ3n) is 2.05. The maximum absolute atomic E-state index is 13.2. The fourth-order valence-corrected chi connectivity index (χ4v) is 1.24. The van der Waals surface area contributed by atoms with E-state index in [0.717, 1.165) is 12.1 Å². The van der Waals surface area contributed by atoms with Gasteiger partial charge in [0.2, 0.25) is 5.82 Å². The number of nitrogens with zero attached hydrogens (tertiary/aromatic N) is 1. The van der Waals surface area contributed by atoms with E-state index in [1.165, 1.54) is 6.07 Å². The quantitative estimate of drug-likeness (QED) is 0.418. The Balaban J connectivity index is 2.45. The van der Waals surface area contributed by atoms with E-state index in [1.807, 2.05) is 6.92 Å². The number of benzene rings is 1. The first kappa shape index (κ1) is 13.5. The monoisotopic (exact) mass is 243 g/mol. The van der Waals surface area contributed by atoms with Crippen molar-refractivity contribution in [2.24, 2.45) is 0 Å². The molecule has 0 saturated heterocycles. The van der Waals surface area contributed by atoms with Crippen LogP contribution >= 0.6 is 0 Å². The lowest BCUT2D eigenvalue weighted by atomic mass is 10.2. The van der Waals surface area contributed by atoms with Crippen LogP contribution in [0.25, 0.3) is 0 Å². The van der Waals surface area contributed by atoms with Gasteiger partial charge < -0.3 is 9.47 Å². The standard InChI is InChI=1S/C11H14FNO4/c1-2-16-5-6-17-8-9-3-4-11(13(14)15)10(12)7-9/h3-4,7H,2,5-6,8H2,1H3. The van der Waals surface area contributed by atoms with Gasteiger partial charge in [0, 0.05) is 12.7 Å². The molecule has 0 unspecified atom stereocenters. The summed E-state index contributed by atoms with van der Waals surface area (Å²) in [7, 11) is 0. The topological polar surface area (TPSA) is 61.6 Å². The van der Waals surface area contributed by atoms with E-state index < -0.39 is 16.4 Å². The lowest BCUT2D eigenvalue weighted by molar-refractivity contribution is -0.387. The first-order valence-electron chi connectivity index (χ1n) is 5.23. The zero-order valence-corrected chi connectivity index (χ0v) is 9.52. The maximum atomic E-state index is 13.2. The first-order chi connectivity index (χ1) is 8.15. The number of halogens is 1. The summed E-state index contributed by atoms with van der Waals surface area (Å²) >= 11 is 0. The average molecular weight is 243 g/mol. The molecule has 5 nitrogen and oxygen atoms in total. The molecule has 0 aliphatic rings. The molecule has 17 heavy (non-hydrogen) atoms. The lowest BCUT2D eigenvalue weighted by Crippen LogP contribution is -2.04. The number of nitro benzene ring substituents is 1. The van der Waals surface area contributed by atoms with E-state index in [-0.39, 0.29) is 6.61 Å². The van der Waals surface area contributed by atoms with Crippen LogP contribution in [-0.2, 0) is 16.1 Å². The number of ether oxygens (including phenoxy) is 2. The third kappa shape index (κ3) is 4.46. The Morgan fingerprint density at radius 1 is 1.35 bits per heavy atom. The van der Waals surface area contributed by atoms with Crippen molar-refractivity contribution >= 4 is 5.69 Å². The number of hydrogen-bond acceptors (Lipinski definition) is 4.